The largest absolute Gasteiger partial charge is 0.297 e. The molecule has 1 rings (SSSR count). The van der Waals surface area contributed by atoms with Gasteiger partial charge in [0.15, 0.2) is 19.3 Å². The van der Waals surface area contributed by atoms with Crippen LogP contribution in [0.3, 0.4) is 0 Å². The van der Waals surface area contributed by atoms with E-state index >= 15 is 0 Å². The highest BCUT2D eigenvalue weighted by Crippen LogP contribution is 2.39. The van der Waals surface area contributed by atoms with Crippen molar-refractivity contribution < 1.29 is 13.2 Å². The molecule has 1 atom stereocenters. The topological polar surface area (TPSA) is 51.2 Å². The highest BCUT2D eigenvalue weighted by Gasteiger charge is 2.48. The van der Waals surface area contributed by atoms with Gasteiger partial charge in [-0.3, -0.25) is 4.79 Å². The van der Waals surface area contributed by atoms with Crippen molar-refractivity contribution in [3.63, 3.8) is 0 Å². The van der Waals surface area contributed by atoms with E-state index in [0.717, 1.165) is 12.8 Å². The molecule has 1 aliphatic carbocycles. The summed E-state index contributed by atoms with van der Waals surface area (Å²) in [6.07, 6.45) is 1.67. The van der Waals surface area contributed by atoms with E-state index in [1.54, 1.807) is 6.92 Å². The van der Waals surface area contributed by atoms with Crippen LogP contribution in [0.2, 0.25) is 0 Å². The Bertz CT molecular complexity index is 314. The summed E-state index contributed by atoms with van der Waals surface area (Å²) >= 11 is 3.03. The van der Waals surface area contributed by atoms with Gasteiger partial charge in [-0.25, -0.2) is 8.42 Å². The molecule has 0 radical (unpaired) electrons. The second-order valence-electron chi connectivity index (χ2n) is 3.46. The van der Waals surface area contributed by atoms with Gasteiger partial charge >= 0.3 is 0 Å². The number of rotatable bonds is 4. The number of carbonyl (C=O) groups is 1. The first-order valence-corrected chi connectivity index (χ1v) is 6.73. The summed E-state index contributed by atoms with van der Waals surface area (Å²) < 4.78 is 21.7. The third-order valence-electron chi connectivity index (χ3n) is 2.35. The molecule has 13 heavy (non-hydrogen) atoms. The lowest BCUT2D eigenvalue weighted by atomic mass is 10.2. The number of Topliss-reactive ketones (excluding diaryl/α,β-unsaturated/α-hetero) is 1. The average Bonchev–Trinajstić information content (AvgIpc) is 2.85. The lowest BCUT2D eigenvalue weighted by molar-refractivity contribution is -0.120. The highest BCUT2D eigenvalue weighted by atomic mass is 79.9. The van der Waals surface area contributed by atoms with Gasteiger partial charge in [-0.15, -0.1) is 0 Å². The summed E-state index contributed by atoms with van der Waals surface area (Å²) in [6, 6.07) is 0. The van der Waals surface area contributed by atoms with Crippen molar-refractivity contribution in [2.45, 2.75) is 30.3 Å². The average molecular weight is 269 g/mol. The Morgan fingerprint density at radius 3 is 2.31 bits per heavy atom. The highest BCUT2D eigenvalue weighted by molar-refractivity contribution is 9.12. The normalized spacial score (nSPS) is 22.4. The number of ketones is 1. The van der Waals surface area contributed by atoms with Gasteiger partial charge in [0.1, 0.15) is 0 Å². The van der Waals surface area contributed by atoms with E-state index in [-0.39, 0.29) is 17.5 Å². The van der Waals surface area contributed by atoms with Gasteiger partial charge in [-0.1, -0.05) is 22.9 Å². The molecule has 0 heterocycles. The molecule has 5 heteroatoms. The maximum absolute atomic E-state index is 11.6. The Balaban J connectivity index is 2.92. The van der Waals surface area contributed by atoms with E-state index in [9.17, 15) is 13.2 Å². The minimum atomic E-state index is -3.33. The number of carbonyl (C=O) groups excluding carboxylic acids is 1. The maximum atomic E-state index is 11.6. The van der Waals surface area contributed by atoms with Crippen LogP contribution in [0.1, 0.15) is 26.7 Å². The van der Waals surface area contributed by atoms with E-state index in [4.69, 9.17) is 0 Å². The van der Waals surface area contributed by atoms with Gasteiger partial charge < -0.3 is 0 Å². The van der Waals surface area contributed by atoms with Crippen LogP contribution in [0.15, 0.2) is 0 Å². The first kappa shape index (κ1) is 11.2. The molecule has 1 aliphatic rings. The first-order chi connectivity index (χ1) is 5.83. The van der Waals surface area contributed by atoms with E-state index in [1.807, 2.05) is 0 Å². The van der Waals surface area contributed by atoms with Crippen LogP contribution in [-0.2, 0) is 14.6 Å². The molecule has 0 aromatic carbocycles. The molecular formula is C8H13BrO3S. The Hall–Kier alpha value is 0.1000. The quantitative estimate of drug-likeness (QED) is 0.727. The van der Waals surface area contributed by atoms with Crippen molar-refractivity contribution >= 4 is 31.6 Å². The monoisotopic (exact) mass is 268 g/mol. The lowest BCUT2D eigenvalue weighted by Crippen LogP contribution is -2.39. The summed E-state index contributed by atoms with van der Waals surface area (Å²) in [5.41, 5.74) is 0. The molecule has 3 nitrogen and oxygen atoms in total. The second-order valence-corrected chi connectivity index (χ2v) is 8.19. The van der Waals surface area contributed by atoms with Crippen molar-refractivity contribution in [3.8, 4) is 0 Å². The molecule has 76 valence electrons. The Kier molecular flexibility index (Phi) is 2.88. The Labute approximate surface area is 86.9 Å². The van der Waals surface area contributed by atoms with Crippen molar-refractivity contribution in [2.24, 2.45) is 5.92 Å². The summed E-state index contributed by atoms with van der Waals surface area (Å²) in [5.74, 6) is -0.229. The summed E-state index contributed by atoms with van der Waals surface area (Å²) in [5, 5.41) is 0. The molecule has 1 fully saturated rings. The van der Waals surface area contributed by atoms with Crippen LogP contribution >= 0.6 is 15.9 Å². The summed E-state index contributed by atoms with van der Waals surface area (Å²) in [6.45, 7) is 2.99. The molecule has 0 aliphatic heterocycles. The molecule has 0 spiro atoms. The molecular weight excluding hydrogens is 256 g/mol. The predicted molar refractivity (Wildman–Crippen MR) is 54.5 cm³/mol. The molecule has 0 aromatic rings. The lowest BCUT2D eigenvalue weighted by Gasteiger charge is -2.20. The van der Waals surface area contributed by atoms with Crippen LogP contribution in [0.5, 0.6) is 0 Å². The van der Waals surface area contributed by atoms with E-state index in [1.165, 1.54) is 6.92 Å². The molecule has 1 unspecified atom stereocenters. The van der Waals surface area contributed by atoms with Gasteiger partial charge in [0.2, 0.25) is 0 Å². The van der Waals surface area contributed by atoms with Crippen LogP contribution in [0.4, 0.5) is 0 Å². The van der Waals surface area contributed by atoms with Gasteiger partial charge in [0.25, 0.3) is 0 Å². The summed E-state index contributed by atoms with van der Waals surface area (Å²) in [7, 11) is -3.33. The third kappa shape index (κ3) is 1.96. The number of hydrogen-bond acceptors (Lipinski definition) is 3. The molecule has 0 amide bonds. The zero-order valence-corrected chi connectivity index (χ0v) is 10.1. The van der Waals surface area contributed by atoms with Crippen LogP contribution in [0, 0.1) is 5.92 Å². The number of alkyl halides is 1. The molecule has 0 aromatic heterocycles. The Morgan fingerprint density at radius 1 is 1.54 bits per heavy atom. The van der Waals surface area contributed by atoms with E-state index in [2.05, 4.69) is 15.9 Å². The summed E-state index contributed by atoms with van der Waals surface area (Å²) in [4.78, 5) is 11.6. The van der Waals surface area contributed by atoms with E-state index < -0.39 is 13.5 Å². The SMILES string of the molecule is CCS(=O)(=O)C(C)(Br)C(=O)C1CC1. The van der Waals surface area contributed by atoms with Crippen molar-refractivity contribution in [3.05, 3.63) is 0 Å². The molecule has 0 N–H and O–H groups in total. The zero-order chi connectivity index (χ0) is 10.3. The van der Waals surface area contributed by atoms with Crippen molar-refractivity contribution in [2.75, 3.05) is 5.75 Å². The van der Waals surface area contributed by atoms with Crippen molar-refractivity contribution in [1.29, 1.82) is 0 Å². The predicted octanol–water partition coefficient (Wildman–Crippen LogP) is 1.51. The molecule has 0 bridgehead atoms. The fourth-order valence-corrected chi connectivity index (χ4v) is 3.16. The van der Waals surface area contributed by atoms with E-state index in [0.29, 0.717) is 0 Å². The minimum absolute atomic E-state index is 0.00674. The number of sulfone groups is 1. The third-order valence-corrected chi connectivity index (χ3v) is 6.35. The van der Waals surface area contributed by atoms with Crippen molar-refractivity contribution in [1.82, 2.24) is 0 Å². The van der Waals surface area contributed by atoms with Gasteiger partial charge in [-0.2, -0.15) is 0 Å². The van der Waals surface area contributed by atoms with Crippen LogP contribution < -0.4 is 0 Å². The first-order valence-electron chi connectivity index (χ1n) is 4.28. The fraction of sp³-hybridized carbons (Fsp3) is 0.875. The maximum Gasteiger partial charge on any atom is 0.182 e. The van der Waals surface area contributed by atoms with Gasteiger partial charge in [0.05, 0.1) is 0 Å². The molecule has 1 saturated carbocycles. The van der Waals surface area contributed by atoms with Crippen LogP contribution in [-0.4, -0.2) is 23.6 Å². The van der Waals surface area contributed by atoms with Gasteiger partial charge in [-0.05, 0) is 19.8 Å². The minimum Gasteiger partial charge on any atom is -0.297 e. The fourth-order valence-electron chi connectivity index (χ4n) is 1.13. The Morgan fingerprint density at radius 2 is 2.00 bits per heavy atom. The second kappa shape index (κ2) is 3.35. The molecule has 0 saturated heterocycles. The smallest absolute Gasteiger partial charge is 0.182 e. The standard InChI is InChI=1S/C8H13BrO3S/c1-3-13(11,12)8(2,9)7(10)6-4-5-6/h6H,3-5H2,1-2H3. The number of hydrogen-bond donors (Lipinski definition) is 0. The zero-order valence-electron chi connectivity index (χ0n) is 7.71. The number of halogens is 1. The van der Waals surface area contributed by atoms with Gasteiger partial charge in [0, 0.05) is 11.7 Å². The van der Waals surface area contributed by atoms with Crippen LogP contribution in [0.25, 0.3) is 0 Å².